The van der Waals surface area contributed by atoms with Gasteiger partial charge in [0.1, 0.15) is 6.61 Å². The summed E-state index contributed by atoms with van der Waals surface area (Å²) in [6.07, 6.45) is 0.169. The van der Waals surface area contributed by atoms with Gasteiger partial charge in [-0.2, -0.15) is 5.10 Å². The van der Waals surface area contributed by atoms with E-state index in [1.54, 1.807) is 61.7 Å². The first-order valence-electron chi connectivity index (χ1n) is 9.18. The van der Waals surface area contributed by atoms with Crippen LogP contribution in [-0.2, 0) is 11.4 Å². The molecule has 0 aromatic heterocycles. The average Bonchev–Trinajstić information content (AvgIpc) is 2.79. The van der Waals surface area contributed by atoms with Crippen LogP contribution in [0.3, 0.4) is 0 Å². The van der Waals surface area contributed by atoms with E-state index in [0.29, 0.717) is 34.3 Å². The maximum Gasteiger partial charge on any atom is 0.273 e. The van der Waals surface area contributed by atoms with Crippen LogP contribution in [0.2, 0.25) is 5.02 Å². The number of halogens is 1. The molecule has 6 nitrogen and oxygen atoms in total. The topological polar surface area (TPSA) is 80.2 Å². The summed E-state index contributed by atoms with van der Waals surface area (Å²) in [7, 11) is 1.55. The van der Waals surface area contributed by atoms with Crippen LogP contribution >= 0.6 is 11.6 Å². The van der Waals surface area contributed by atoms with Crippen LogP contribution in [0.4, 0.5) is 0 Å². The monoisotopic (exact) mass is 424 g/mol. The van der Waals surface area contributed by atoms with Crippen LogP contribution in [0, 0.1) is 0 Å². The van der Waals surface area contributed by atoms with Gasteiger partial charge >= 0.3 is 0 Å². The number of hydrazone groups is 1. The van der Waals surface area contributed by atoms with Crippen LogP contribution in [0.5, 0.6) is 11.5 Å². The zero-order chi connectivity index (χ0) is 21.3. The normalized spacial score (nSPS) is 11.8. The predicted molar refractivity (Wildman–Crippen MR) is 116 cm³/mol. The number of benzene rings is 3. The van der Waals surface area contributed by atoms with Crippen LogP contribution in [-0.4, -0.2) is 24.3 Å². The Morgan fingerprint density at radius 1 is 1.10 bits per heavy atom. The molecule has 0 fully saturated rings. The number of methoxy groups -OCH3 is 1. The molecule has 0 aliphatic carbocycles. The highest BCUT2D eigenvalue weighted by molar-refractivity contribution is 6.30. The lowest BCUT2D eigenvalue weighted by Gasteiger charge is -2.11. The van der Waals surface area contributed by atoms with Crippen molar-refractivity contribution in [3.63, 3.8) is 0 Å². The van der Waals surface area contributed by atoms with E-state index < -0.39 is 12.0 Å². The minimum Gasteiger partial charge on any atom is -0.493 e. The van der Waals surface area contributed by atoms with Crippen molar-refractivity contribution in [2.24, 2.45) is 5.10 Å². The fraction of sp³-hybridized carbons (Fsp3) is 0.130. The average molecular weight is 425 g/mol. The molecule has 1 atom stereocenters. The number of aliphatic hydroxyl groups excluding tert-OH is 1. The fourth-order valence-electron chi connectivity index (χ4n) is 2.64. The number of nitrogens with one attached hydrogen (secondary N) is 1. The Bertz CT molecular complexity index is 1010. The minimum atomic E-state index is -1.29. The molecule has 0 radical (unpaired) electrons. The Balaban J connectivity index is 1.59. The number of hydrogen-bond donors (Lipinski definition) is 2. The quantitative estimate of drug-likeness (QED) is 0.421. The van der Waals surface area contributed by atoms with Crippen molar-refractivity contribution in [3.8, 4) is 11.5 Å². The second-order valence-corrected chi connectivity index (χ2v) is 6.81. The standard InChI is InChI=1S/C23H21ClN2O4/c1-29-21-13-17(9-12-20(21)30-15-16-7-10-19(24)11-8-16)14-25-26-23(28)22(27)18-5-3-2-4-6-18/h2-14,22,27H,15H2,1H3,(H,26,28)/b25-14-/t22-/m1/s1. The lowest BCUT2D eigenvalue weighted by Crippen LogP contribution is -2.25. The van der Waals surface area contributed by atoms with E-state index in [1.807, 2.05) is 18.2 Å². The van der Waals surface area contributed by atoms with E-state index in [4.69, 9.17) is 21.1 Å². The van der Waals surface area contributed by atoms with Crippen molar-refractivity contribution < 1.29 is 19.4 Å². The van der Waals surface area contributed by atoms with E-state index in [9.17, 15) is 9.90 Å². The highest BCUT2D eigenvalue weighted by Gasteiger charge is 2.16. The Morgan fingerprint density at radius 2 is 1.83 bits per heavy atom. The maximum absolute atomic E-state index is 12.0. The van der Waals surface area contributed by atoms with Gasteiger partial charge in [0.25, 0.3) is 5.91 Å². The molecular formula is C23H21ClN2O4. The highest BCUT2D eigenvalue weighted by Crippen LogP contribution is 2.28. The number of aliphatic hydroxyl groups is 1. The van der Waals surface area contributed by atoms with Crippen LogP contribution < -0.4 is 14.9 Å². The van der Waals surface area contributed by atoms with Crippen LogP contribution in [0.15, 0.2) is 77.9 Å². The third-order valence-corrected chi connectivity index (χ3v) is 4.50. The van der Waals surface area contributed by atoms with Crippen molar-refractivity contribution >= 4 is 23.7 Å². The zero-order valence-corrected chi connectivity index (χ0v) is 17.0. The molecule has 0 saturated heterocycles. The second-order valence-electron chi connectivity index (χ2n) is 6.37. The van der Waals surface area contributed by atoms with Crippen molar-refractivity contribution in [3.05, 3.63) is 94.5 Å². The van der Waals surface area contributed by atoms with Gasteiger partial charge in [-0.3, -0.25) is 4.79 Å². The van der Waals surface area contributed by atoms with Gasteiger partial charge in [-0.1, -0.05) is 54.1 Å². The summed E-state index contributed by atoms with van der Waals surface area (Å²) in [4.78, 5) is 12.0. The maximum atomic E-state index is 12.0. The molecule has 154 valence electrons. The number of hydrogen-bond acceptors (Lipinski definition) is 5. The van der Waals surface area contributed by atoms with Crippen LogP contribution in [0.25, 0.3) is 0 Å². The van der Waals surface area contributed by atoms with Crippen molar-refractivity contribution in [1.82, 2.24) is 5.43 Å². The van der Waals surface area contributed by atoms with E-state index in [0.717, 1.165) is 5.56 Å². The molecule has 0 unspecified atom stereocenters. The molecule has 30 heavy (non-hydrogen) atoms. The van der Waals surface area contributed by atoms with Gasteiger partial charge in [0, 0.05) is 5.02 Å². The molecule has 0 aliphatic rings. The van der Waals surface area contributed by atoms with Gasteiger partial charge < -0.3 is 14.6 Å². The Hall–Kier alpha value is -3.35. The summed E-state index contributed by atoms with van der Waals surface area (Å²) in [6.45, 7) is 0.369. The second kappa shape index (κ2) is 10.4. The first kappa shape index (κ1) is 21.4. The lowest BCUT2D eigenvalue weighted by atomic mass is 10.1. The molecule has 0 bridgehead atoms. The van der Waals surface area contributed by atoms with Crippen molar-refractivity contribution in [2.75, 3.05) is 7.11 Å². The molecule has 0 aliphatic heterocycles. The van der Waals surface area contributed by atoms with E-state index in [1.165, 1.54) is 6.21 Å². The predicted octanol–water partition coefficient (Wildman–Crippen LogP) is 4.11. The summed E-state index contributed by atoms with van der Waals surface area (Å²) in [5.74, 6) is 0.490. The van der Waals surface area contributed by atoms with Crippen molar-refractivity contribution in [1.29, 1.82) is 0 Å². The number of nitrogens with zero attached hydrogens (tertiary/aromatic N) is 1. The Morgan fingerprint density at radius 3 is 2.53 bits per heavy atom. The Kier molecular flexibility index (Phi) is 7.43. The molecule has 0 heterocycles. The molecular weight excluding hydrogens is 404 g/mol. The van der Waals surface area contributed by atoms with E-state index >= 15 is 0 Å². The number of ether oxygens (including phenoxy) is 2. The minimum absolute atomic E-state index is 0.369. The van der Waals surface area contributed by atoms with Crippen LogP contribution in [0.1, 0.15) is 22.8 Å². The molecule has 3 rings (SSSR count). The number of carbonyl (C=O) groups excluding carboxylic acids is 1. The summed E-state index contributed by atoms with van der Waals surface area (Å²) < 4.78 is 11.2. The summed E-state index contributed by atoms with van der Waals surface area (Å²) in [5, 5.41) is 14.6. The van der Waals surface area contributed by atoms with Gasteiger partial charge in [0.15, 0.2) is 17.6 Å². The highest BCUT2D eigenvalue weighted by atomic mass is 35.5. The molecule has 3 aromatic rings. The van der Waals surface area contributed by atoms with Gasteiger partial charge in [-0.15, -0.1) is 0 Å². The summed E-state index contributed by atoms with van der Waals surface area (Å²) in [6, 6.07) is 21.3. The summed E-state index contributed by atoms with van der Waals surface area (Å²) in [5.41, 5.74) is 4.50. The Labute approximate surface area is 179 Å². The fourth-order valence-corrected chi connectivity index (χ4v) is 2.77. The van der Waals surface area contributed by atoms with Gasteiger partial charge in [0.05, 0.1) is 13.3 Å². The largest absolute Gasteiger partial charge is 0.493 e. The third kappa shape index (κ3) is 5.83. The number of rotatable bonds is 8. The first-order chi connectivity index (χ1) is 14.6. The molecule has 1 amide bonds. The SMILES string of the molecule is COc1cc(/C=N\NC(=O)[C@H](O)c2ccccc2)ccc1OCc1ccc(Cl)cc1. The van der Waals surface area contributed by atoms with Crippen molar-refractivity contribution in [2.45, 2.75) is 12.7 Å². The zero-order valence-electron chi connectivity index (χ0n) is 16.3. The number of amides is 1. The van der Waals surface area contributed by atoms with E-state index in [-0.39, 0.29) is 0 Å². The van der Waals surface area contributed by atoms with Gasteiger partial charge in [0.2, 0.25) is 0 Å². The molecule has 0 saturated carbocycles. The number of carbonyl (C=O) groups is 1. The smallest absolute Gasteiger partial charge is 0.273 e. The lowest BCUT2D eigenvalue weighted by molar-refractivity contribution is -0.129. The summed E-state index contributed by atoms with van der Waals surface area (Å²) >= 11 is 5.89. The molecule has 2 N–H and O–H groups in total. The first-order valence-corrected chi connectivity index (χ1v) is 9.56. The van der Waals surface area contributed by atoms with Gasteiger partial charge in [-0.25, -0.2) is 5.43 Å². The molecule has 0 spiro atoms. The van der Waals surface area contributed by atoms with Gasteiger partial charge in [-0.05, 0) is 47.0 Å². The third-order valence-electron chi connectivity index (χ3n) is 4.25. The molecule has 7 heteroatoms. The van der Waals surface area contributed by atoms with E-state index in [2.05, 4.69) is 10.5 Å². The molecule has 3 aromatic carbocycles.